The van der Waals surface area contributed by atoms with Gasteiger partial charge >= 0.3 is 11.9 Å². The Labute approximate surface area is 178 Å². The summed E-state index contributed by atoms with van der Waals surface area (Å²) in [6.07, 6.45) is 4.42. The molecule has 0 heterocycles. The third-order valence-electron chi connectivity index (χ3n) is 6.09. The number of methoxy groups -OCH3 is 1. The monoisotopic (exact) mass is 424 g/mol. The van der Waals surface area contributed by atoms with E-state index >= 15 is 0 Å². The fourth-order valence-electron chi connectivity index (χ4n) is 4.62. The molecule has 0 spiro atoms. The molecule has 30 heavy (non-hydrogen) atoms. The van der Waals surface area contributed by atoms with Crippen LogP contribution in [0.4, 0.5) is 0 Å². The zero-order valence-corrected chi connectivity index (χ0v) is 17.8. The minimum Gasteiger partial charge on any atom is -0.469 e. The molecule has 0 N–H and O–H groups in total. The fourth-order valence-corrected chi connectivity index (χ4v) is 6.55. The molecule has 2 aliphatic carbocycles. The van der Waals surface area contributed by atoms with Crippen molar-refractivity contribution >= 4 is 22.7 Å². The van der Waals surface area contributed by atoms with Gasteiger partial charge in [0.25, 0.3) is 0 Å². The highest BCUT2D eigenvalue weighted by molar-refractivity contribution is 7.87. The van der Waals surface area contributed by atoms with Gasteiger partial charge < -0.3 is 9.47 Å². The Morgan fingerprint density at radius 3 is 2.43 bits per heavy atom. The Kier molecular flexibility index (Phi) is 5.60. The van der Waals surface area contributed by atoms with Gasteiger partial charge in [0, 0.05) is 10.8 Å². The lowest BCUT2D eigenvalue weighted by Crippen LogP contribution is -2.56. The summed E-state index contributed by atoms with van der Waals surface area (Å²) in [5.74, 6) is -2.53. The maximum atomic E-state index is 13.9. The lowest BCUT2D eigenvalue weighted by molar-refractivity contribution is -0.158. The molecular formula is C24H24O5S. The van der Waals surface area contributed by atoms with Gasteiger partial charge in [-0.2, -0.15) is 0 Å². The fraction of sp³-hybridized carbons (Fsp3) is 0.333. The van der Waals surface area contributed by atoms with Crippen LogP contribution in [0.1, 0.15) is 17.5 Å². The van der Waals surface area contributed by atoms with Crippen LogP contribution >= 0.6 is 0 Å². The number of fused-ring (bicyclic) bond motifs is 2. The van der Waals surface area contributed by atoms with E-state index in [1.807, 2.05) is 61.5 Å². The number of benzene rings is 2. The quantitative estimate of drug-likeness (QED) is 0.524. The molecule has 5 atom stereocenters. The molecule has 0 amide bonds. The van der Waals surface area contributed by atoms with E-state index in [0.29, 0.717) is 11.3 Å². The molecule has 2 aromatic carbocycles. The van der Waals surface area contributed by atoms with Crippen LogP contribution in [0.25, 0.3) is 0 Å². The standard InChI is InChI=1S/C24H24O5S/c1-16-8-12-20(13-9-16)30(27)24(23(26)29-15-17-6-4-3-5-7-17)19-11-10-18(14-19)21(24)22(25)28-2/h3-13,18-19,21H,14-15H2,1-2H3/t18-,19+,21+,24+,30?/m1/s1. The summed E-state index contributed by atoms with van der Waals surface area (Å²) in [4.78, 5) is 26.9. The summed E-state index contributed by atoms with van der Waals surface area (Å²) in [5, 5.41) is 0. The van der Waals surface area contributed by atoms with Crippen molar-refractivity contribution in [3.63, 3.8) is 0 Å². The summed E-state index contributed by atoms with van der Waals surface area (Å²) in [5.41, 5.74) is 1.85. The van der Waals surface area contributed by atoms with E-state index in [2.05, 4.69) is 0 Å². The second-order valence-electron chi connectivity index (χ2n) is 7.83. The predicted octanol–water partition coefficient (Wildman–Crippen LogP) is 3.58. The van der Waals surface area contributed by atoms with E-state index in [0.717, 1.165) is 11.1 Å². The summed E-state index contributed by atoms with van der Waals surface area (Å²) in [6, 6.07) is 16.5. The number of allylic oxidation sites excluding steroid dienone is 2. The van der Waals surface area contributed by atoms with E-state index < -0.39 is 33.4 Å². The average molecular weight is 425 g/mol. The summed E-state index contributed by atoms with van der Waals surface area (Å²) >= 11 is 0. The first-order chi connectivity index (χ1) is 14.5. The van der Waals surface area contributed by atoms with Crippen molar-refractivity contribution in [3.05, 3.63) is 77.9 Å². The van der Waals surface area contributed by atoms with Gasteiger partial charge in [-0.15, -0.1) is 0 Å². The number of esters is 2. The summed E-state index contributed by atoms with van der Waals surface area (Å²) in [6.45, 7) is 2.00. The second-order valence-corrected chi connectivity index (χ2v) is 9.51. The Balaban J connectivity index is 1.75. The molecule has 6 heteroatoms. The Morgan fingerprint density at radius 1 is 1.07 bits per heavy atom. The molecule has 0 saturated heterocycles. The van der Waals surface area contributed by atoms with E-state index in [1.54, 1.807) is 12.1 Å². The zero-order valence-electron chi connectivity index (χ0n) is 16.9. The normalized spacial score (nSPS) is 27.6. The third-order valence-corrected chi connectivity index (χ3v) is 8.12. The molecule has 4 rings (SSSR count). The minimum atomic E-state index is -1.79. The molecule has 2 bridgehead atoms. The largest absolute Gasteiger partial charge is 0.469 e. The van der Waals surface area contributed by atoms with Gasteiger partial charge in [0.05, 0.1) is 23.8 Å². The number of carbonyl (C=O) groups is 2. The van der Waals surface area contributed by atoms with Gasteiger partial charge in [-0.05, 0) is 37.0 Å². The predicted molar refractivity (Wildman–Crippen MR) is 113 cm³/mol. The Hall–Kier alpha value is -2.73. The lowest BCUT2D eigenvalue weighted by Gasteiger charge is -2.37. The first kappa shape index (κ1) is 20.5. The van der Waals surface area contributed by atoms with Crippen molar-refractivity contribution in [2.45, 2.75) is 29.6 Å². The van der Waals surface area contributed by atoms with Gasteiger partial charge in [-0.3, -0.25) is 13.8 Å². The number of rotatable bonds is 6. The van der Waals surface area contributed by atoms with Crippen molar-refractivity contribution in [2.75, 3.05) is 7.11 Å². The van der Waals surface area contributed by atoms with Crippen LogP contribution in [0.3, 0.4) is 0 Å². The first-order valence-electron chi connectivity index (χ1n) is 9.94. The van der Waals surface area contributed by atoms with Crippen LogP contribution in [0.15, 0.2) is 71.6 Å². The van der Waals surface area contributed by atoms with Crippen molar-refractivity contribution in [1.29, 1.82) is 0 Å². The Bertz CT molecular complexity index is 998. The molecule has 1 fully saturated rings. The summed E-state index contributed by atoms with van der Waals surface area (Å²) < 4.78 is 23.1. The van der Waals surface area contributed by atoms with E-state index in [9.17, 15) is 13.8 Å². The smallest absolute Gasteiger partial charge is 0.327 e. The highest BCUT2D eigenvalue weighted by Crippen LogP contribution is 2.56. The van der Waals surface area contributed by atoms with Crippen LogP contribution in [-0.2, 0) is 36.5 Å². The van der Waals surface area contributed by atoms with Gasteiger partial charge in [-0.1, -0.05) is 60.2 Å². The number of ether oxygens (including phenoxy) is 2. The van der Waals surface area contributed by atoms with E-state index in [4.69, 9.17) is 9.47 Å². The average Bonchev–Trinajstić information content (AvgIpc) is 3.38. The number of hydrogen-bond donors (Lipinski definition) is 0. The Morgan fingerprint density at radius 2 is 1.77 bits per heavy atom. The SMILES string of the molecule is COC(=O)[C@@H]1[C@@H]2C=C[C@@H](C2)[C@]1(C(=O)OCc1ccccc1)S(=O)c1ccc(C)cc1. The van der Waals surface area contributed by atoms with Crippen molar-refractivity contribution in [3.8, 4) is 0 Å². The molecule has 0 radical (unpaired) electrons. The van der Waals surface area contributed by atoms with Gasteiger partial charge in [0.2, 0.25) is 0 Å². The van der Waals surface area contributed by atoms with Crippen LogP contribution in [-0.4, -0.2) is 28.0 Å². The zero-order chi connectivity index (χ0) is 21.3. The van der Waals surface area contributed by atoms with Gasteiger partial charge in [0.15, 0.2) is 4.75 Å². The number of hydrogen-bond acceptors (Lipinski definition) is 5. The highest BCUT2D eigenvalue weighted by Gasteiger charge is 2.68. The minimum absolute atomic E-state index is 0.0571. The maximum Gasteiger partial charge on any atom is 0.327 e. The summed E-state index contributed by atoms with van der Waals surface area (Å²) in [7, 11) is -0.493. The van der Waals surface area contributed by atoms with Crippen molar-refractivity contribution in [1.82, 2.24) is 0 Å². The lowest BCUT2D eigenvalue weighted by atomic mass is 9.82. The topological polar surface area (TPSA) is 69.7 Å². The third kappa shape index (κ3) is 3.29. The molecular weight excluding hydrogens is 400 g/mol. The number of aryl methyl sites for hydroxylation is 1. The van der Waals surface area contributed by atoms with Gasteiger partial charge in [-0.25, -0.2) is 0 Å². The molecule has 2 aliphatic rings. The van der Waals surface area contributed by atoms with Gasteiger partial charge in [0.1, 0.15) is 6.61 Å². The van der Waals surface area contributed by atoms with Crippen molar-refractivity contribution < 1.29 is 23.3 Å². The number of carbonyl (C=O) groups excluding carboxylic acids is 2. The van der Waals surface area contributed by atoms with E-state index in [1.165, 1.54) is 7.11 Å². The molecule has 1 saturated carbocycles. The highest BCUT2D eigenvalue weighted by atomic mass is 32.2. The van der Waals surface area contributed by atoms with Crippen LogP contribution in [0.2, 0.25) is 0 Å². The van der Waals surface area contributed by atoms with E-state index in [-0.39, 0.29) is 18.4 Å². The van der Waals surface area contributed by atoms with Crippen LogP contribution in [0, 0.1) is 24.7 Å². The molecule has 156 valence electrons. The van der Waals surface area contributed by atoms with Crippen molar-refractivity contribution in [2.24, 2.45) is 17.8 Å². The molecule has 0 aromatic heterocycles. The first-order valence-corrected chi connectivity index (χ1v) is 11.1. The van der Waals surface area contributed by atoms with Crippen LogP contribution in [0.5, 0.6) is 0 Å². The molecule has 1 unspecified atom stereocenters. The second kappa shape index (κ2) is 8.19. The maximum absolute atomic E-state index is 13.9. The molecule has 0 aliphatic heterocycles. The van der Waals surface area contributed by atoms with Crippen LogP contribution < -0.4 is 0 Å². The molecule has 2 aromatic rings. The molecule has 5 nitrogen and oxygen atoms in total.